The first-order chi connectivity index (χ1) is 18.7. The summed E-state index contributed by atoms with van der Waals surface area (Å²) in [5.74, 6) is 0.449. The van der Waals surface area contributed by atoms with Crippen LogP contribution in [0.4, 0.5) is 5.69 Å². The van der Waals surface area contributed by atoms with E-state index in [1.165, 1.54) is 11.8 Å². The van der Waals surface area contributed by atoms with Crippen molar-refractivity contribution in [2.45, 2.75) is 25.5 Å². The Balaban J connectivity index is 1.43. The zero-order chi connectivity index (χ0) is 27.9. The van der Waals surface area contributed by atoms with Crippen molar-refractivity contribution in [3.05, 3.63) is 92.1 Å². The van der Waals surface area contributed by atoms with E-state index in [9.17, 15) is 9.59 Å². The van der Waals surface area contributed by atoms with Crippen LogP contribution in [0.1, 0.15) is 17.0 Å². The standard InChI is InChI=1S/C27H24BrCl2N5O3S/c1-16-3-4-17(2)22(11-16)32-26(37)15-39-27-34-33-24(35(27)20-8-5-18(28)6-9-20)13-31-25(36)14-38-23-10-7-19(29)12-21(23)30/h3-12H,13-15H2,1-2H3,(H,31,36)(H,32,37). The van der Waals surface area contributed by atoms with Crippen molar-refractivity contribution in [1.29, 1.82) is 0 Å². The Morgan fingerprint density at radius 1 is 1.00 bits per heavy atom. The molecule has 2 amide bonds. The lowest BCUT2D eigenvalue weighted by Crippen LogP contribution is -2.29. The summed E-state index contributed by atoms with van der Waals surface area (Å²) in [5.41, 5.74) is 3.61. The maximum absolute atomic E-state index is 12.7. The number of aryl methyl sites for hydroxylation is 2. The number of ether oxygens (including phenoxy) is 1. The minimum atomic E-state index is -0.367. The van der Waals surface area contributed by atoms with Crippen LogP contribution in [0.5, 0.6) is 5.75 Å². The summed E-state index contributed by atoms with van der Waals surface area (Å²) in [4.78, 5) is 25.2. The van der Waals surface area contributed by atoms with Crippen LogP contribution < -0.4 is 15.4 Å². The molecular weight excluding hydrogens is 625 g/mol. The number of nitrogens with zero attached hydrogens (tertiary/aromatic N) is 3. The summed E-state index contributed by atoms with van der Waals surface area (Å²) in [7, 11) is 0. The van der Waals surface area contributed by atoms with Gasteiger partial charge in [-0.2, -0.15) is 0 Å². The predicted octanol–water partition coefficient (Wildman–Crippen LogP) is 6.38. The largest absolute Gasteiger partial charge is 0.482 e. The third-order valence-electron chi connectivity index (χ3n) is 5.48. The van der Waals surface area contributed by atoms with Crippen molar-refractivity contribution in [2.75, 3.05) is 17.7 Å². The molecule has 1 heterocycles. The lowest BCUT2D eigenvalue weighted by atomic mass is 10.1. The molecule has 0 aliphatic rings. The van der Waals surface area contributed by atoms with Gasteiger partial charge in [0.25, 0.3) is 5.91 Å². The molecule has 2 N–H and O–H groups in total. The van der Waals surface area contributed by atoms with Gasteiger partial charge in [0, 0.05) is 20.9 Å². The van der Waals surface area contributed by atoms with Crippen LogP contribution in [-0.2, 0) is 16.1 Å². The topological polar surface area (TPSA) is 98.1 Å². The molecule has 0 saturated heterocycles. The Labute approximate surface area is 248 Å². The van der Waals surface area contributed by atoms with Gasteiger partial charge in [-0.05, 0) is 73.5 Å². The van der Waals surface area contributed by atoms with E-state index in [0.29, 0.717) is 26.8 Å². The van der Waals surface area contributed by atoms with E-state index < -0.39 is 0 Å². The number of hydrogen-bond acceptors (Lipinski definition) is 6. The second kappa shape index (κ2) is 13.3. The van der Waals surface area contributed by atoms with Crippen molar-refractivity contribution in [3.63, 3.8) is 0 Å². The molecule has 8 nitrogen and oxygen atoms in total. The third-order valence-corrected chi connectivity index (χ3v) is 7.47. The molecule has 202 valence electrons. The molecule has 0 radical (unpaired) electrons. The van der Waals surface area contributed by atoms with E-state index in [-0.39, 0.29) is 30.7 Å². The molecule has 0 aliphatic carbocycles. The SMILES string of the molecule is Cc1ccc(C)c(NC(=O)CSc2nnc(CNC(=O)COc3ccc(Cl)cc3Cl)n2-c2ccc(Br)cc2)c1. The van der Waals surface area contributed by atoms with Gasteiger partial charge >= 0.3 is 0 Å². The first kappa shape index (κ1) is 28.9. The number of benzene rings is 3. The molecule has 39 heavy (non-hydrogen) atoms. The Hall–Kier alpha value is -3.05. The van der Waals surface area contributed by atoms with Crippen molar-refractivity contribution >= 4 is 68.4 Å². The van der Waals surface area contributed by atoms with Gasteiger partial charge in [-0.3, -0.25) is 14.2 Å². The highest BCUT2D eigenvalue weighted by atomic mass is 79.9. The van der Waals surface area contributed by atoms with Gasteiger partial charge < -0.3 is 15.4 Å². The first-order valence-electron chi connectivity index (χ1n) is 11.7. The normalized spacial score (nSPS) is 10.8. The first-order valence-corrected chi connectivity index (χ1v) is 14.3. The third kappa shape index (κ3) is 7.98. The fourth-order valence-electron chi connectivity index (χ4n) is 3.51. The summed E-state index contributed by atoms with van der Waals surface area (Å²) < 4.78 is 8.22. The molecule has 0 unspecified atom stereocenters. The zero-order valence-corrected chi connectivity index (χ0v) is 24.9. The van der Waals surface area contributed by atoms with Gasteiger partial charge in [-0.25, -0.2) is 0 Å². The number of carbonyl (C=O) groups excluding carboxylic acids is 2. The number of aromatic nitrogens is 3. The van der Waals surface area contributed by atoms with E-state index in [1.807, 2.05) is 56.3 Å². The highest BCUT2D eigenvalue weighted by Crippen LogP contribution is 2.28. The zero-order valence-electron chi connectivity index (χ0n) is 21.0. The Morgan fingerprint density at radius 3 is 2.51 bits per heavy atom. The van der Waals surface area contributed by atoms with E-state index in [2.05, 4.69) is 36.8 Å². The minimum Gasteiger partial charge on any atom is -0.482 e. The number of amides is 2. The summed E-state index contributed by atoms with van der Waals surface area (Å²) in [6.45, 7) is 3.77. The van der Waals surface area contributed by atoms with Crippen LogP contribution in [0.25, 0.3) is 5.69 Å². The molecule has 0 atom stereocenters. The molecule has 4 rings (SSSR count). The van der Waals surface area contributed by atoms with E-state index in [1.54, 1.807) is 22.8 Å². The monoisotopic (exact) mass is 647 g/mol. The number of hydrogen-bond donors (Lipinski definition) is 2. The maximum Gasteiger partial charge on any atom is 0.258 e. The van der Waals surface area contributed by atoms with Crippen LogP contribution in [0.15, 0.2) is 70.3 Å². The molecule has 1 aromatic heterocycles. The lowest BCUT2D eigenvalue weighted by molar-refractivity contribution is -0.123. The lowest BCUT2D eigenvalue weighted by Gasteiger charge is -2.12. The Bertz CT molecular complexity index is 1500. The Morgan fingerprint density at radius 2 is 1.77 bits per heavy atom. The molecular formula is C27H24BrCl2N5O3S. The maximum atomic E-state index is 12.7. The van der Waals surface area contributed by atoms with Gasteiger partial charge in [0.15, 0.2) is 17.6 Å². The Kier molecular flexibility index (Phi) is 9.90. The molecule has 12 heteroatoms. The average molecular weight is 649 g/mol. The summed E-state index contributed by atoms with van der Waals surface area (Å²) in [5, 5.41) is 15.6. The van der Waals surface area contributed by atoms with Crippen LogP contribution in [-0.4, -0.2) is 38.9 Å². The van der Waals surface area contributed by atoms with Crippen molar-refractivity contribution in [2.24, 2.45) is 0 Å². The average Bonchev–Trinajstić information content (AvgIpc) is 3.31. The van der Waals surface area contributed by atoms with Gasteiger partial charge in [-0.1, -0.05) is 63.0 Å². The van der Waals surface area contributed by atoms with Crippen molar-refractivity contribution in [3.8, 4) is 11.4 Å². The van der Waals surface area contributed by atoms with Gasteiger partial charge in [0.2, 0.25) is 5.91 Å². The smallest absolute Gasteiger partial charge is 0.258 e. The minimum absolute atomic E-state index is 0.0921. The molecule has 0 spiro atoms. The number of nitrogens with one attached hydrogen (secondary N) is 2. The summed E-state index contributed by atoms with van der Waals surface area (Å²) in [6, 6.07) is 18.2. The summed E-state index contributed by atoms with van der Waals surface area (Å²) >= 11 is 16.7. The van der Waals surface area contributed by atoms with Gasteiger partial charge in [-0.15, -0.1) is 10.2 Å². The number of carbonyl (C=O) groups is 2. The summed E-state index contributed by atoms with van der Waals surface area (Å²) in [6.07, 6.45) is 0. The van der Waals surface area contributed by atoms with Crippen molar-refractivity contribution < 1.29 is 14.3 Å². The molecule has 0 saturated carbocycles. The number of rotatable bonds is 10. The van der Waals surface area contributed by atoms with E-state index in [4.69, 9.17) is 27.9 Å². The second-order valence-electron chi connectivity index (χ2n) is 8.51. The second-order valence-corrected chi connectivity index (χ2v) is 11.2. The van der Waals surface area contributed by atoms with Crippen molar-refractivity contribution in [1.82, 2.24) is 20.1 Å². The fraction of sp³-hybridized carbons (Fsp3) is 0.185. The number of halogens is 3. The predicted molar refractivity (Wildman–Crippen MR) is 158 cm³/mol. The van der Waals surface area contributed by atoms with Gasteiger partial charge in [0.05, 0.1) is 17.3 Å². The highest BCUT2D eigenvalue weighted by Gasteiger charge is 2.17. The molecule has 0 aliphatic heterocycles. The van der Waals surface area contributed by atoms with Crippen LogP contribution >= 0.6 is 50.9 Å². The van der Waals surface area contributed by atoms with Crippen LogP contribution in [0.2, 0.25) is 10.0 Å². The molecule has 3 aromatic carbocycles. The molecule has 4 aromatic rings. The quantitative estimate of drug-likeness (QED) is 0.194. The van der Waals surface area contributed by atoms with Crippen LogP contribution in [0, 0.1) is 13.8 Å². The highest BCUT2D eigenvalue weighted by molar-refractivity contribution is 9.10. The molecule has 0 bridgehead atoms. The van der Waals surface area contributed by atoms with E-state index >= 15 is 0 Å². The molecule has 0 fully saturated rings. The van der Waals surface area contributed by atoms with Crippen LogP contribution in [0.3, 0.4) is 0 Å². The number of thioether (sulfide) groups is 1. The van der Waals surface area contributed by atoms with Gasteiger partial charge in [0.1, 0.15) is 5.75 Å². The van der Waals surface area contributed by atoms with E-state index in [0.717, 1.165) is 27.0 Å². The number of anilines is 1. The fourth-order valence-corrected chi connectivity index (χ4v) is 5.01.